The Morgan fingerprint density at radius 3 is 2.50 bits per heavy atom. The fourth-order valence-electron chi connectivity index (χ4n) is 1.60. The van der Waals surface area contributed by atoms with Crippen LogP contribution in [0.1, 0.15) is 5.56 Å². The first kappa shape index (κ1) is 12.1. The molecule has 0 saturated carbocycles. The summed E-state index contributed by atoms with van der Waals surface area (Å²) >= 11 is 0. The molecule has 0 atom stereocenters. The van der Waals surface area contributed by atoms with Crippen molar-refractivity contribution in [1.29, 1.82) is 0 Å². The Kier molecular flexibility index (Phi) is 4.27. The molecule has 18 heavy (non-hydrogen) atoms. The van der Waals surface area contributed by atoms with E-state index in [4.69, 9.17) is 4.74 Å². The summed E-state index contributed by atoms with van der Waals surface area (Å²) in [5.41, 5.74) is 1.99. The normalized spacial score (nSPS) is 9.17. The predicted molar refractivity (Wildman–Crippen MR) is 74.8 cm³/mol. The summed E-state index contributed by atoms with van der Waals surface area (Å²) < 4.78 is 5.25. The molecule has 2 rings (SSSR count). The van der Waals surface area contributed by atoms with Crippen LogP contribution in [0.3, 0.4) is 0 Å². The topological polar surface area (TPSA) is 21.3 Å². The molecule has 2 aromatic carbocycles. The first-order valence-corrected chi connectivity index (χ1v) is 5.81. The third-order valence-corrected chi connectivity index (χ3v) is 2.48. The zero-order chi connectivity index (χ0) is 12.6. The fourth-order valence-corrected chi connectivity index (χ4v) is 1.60. The van der Waals surface area contributed by atoms with E-state index in [2.05, 4.69) is 17.2 Å². The van der Waals surface area contributed by atoms with E-state index in [1.54, 1.807) is 7.11 Å². The van der Waals surface area contributed by atoms with Gasteiger partial charge in [-0.1, -0.05) is 42.2 Å². The Labute approximate surface area is 108 Å². The van der Waals surface area contributed by atoms with E-state index in [0.29, 0.717) is 6.54 Å². The summed E-state index contributed by atoms with van der Waals surface area (Å²) in [6.07, 6.45) is 0. The minimum absolute atomic E-state index is 0.593. The van der Waals surface area contributed by atoms with Gasteiger partial charge in [0.05, 0.1) is 19.3 Å². The number of ether oxygens (including phenoxy) is 1. The molecule has 0 fully saturated rings. The van der Waals surface area contributed by atoms with E-state index in [-0.39, 0.29) is 0 Å². The molecule has 90 valence electrons. The van der Waals surface area contributed by atoms with Gasteiger partial charge in [-0.15, -0.1) is 0 Å². The minimum atomic E-state index is 0.593. The van der Waals surface area contributed by atoms with Gasteiger partial charge in [-0.2, -0.15) is 0 Å². The van der Waals surface area contributed by atoms with Crippen molar-refractivity contribution in [2.45, 2.75) is 0 Å². The van der Waals surface area contributed by atoms with E-state index >= 15 is 0 Å². The van der Waals surface area contributed by atoms with Crippen LogP contribution >= 0.6 is 0 Å². The van der Waals surface area contributed by atoms with Crippen LogP contribution in [-0.4, -0.2) is 13.7 Å². The molecule has 0 saturated heterocycles. The lowest BCUT2D eigenvalue weighted by Crippen LogP contribution is -2.00. The summed E-state index contributed by atoms with van der Waals surface area (Å²) in [6.45, 7) is 0.593. The number of hydrogen-bond acceptors (Lipinski definition) is 2. The summed E-state index contributed by atoms with van der Waals surface area (Å²) in [5, 5.41) is 3.24. The second kappa shape index (κ2) is 6.36. The summed E-state index contributed by atoms with van der Waals surface area (Å²) in [7, 11) is 1.66. The zero-order valence-electron chi connectivity index (χ0n) is 10.3. The highest BCUT2D eigenvalue weighted by molar-refractivity contribution is 5.56. The molecular weight excluding hydrogens is 222 g/mol. The highest BCUT2D eigenvalue weighted by atomic mass is 16.5. The second-order valence-electron chi connectivity index (χ2n) is 3.72. The molecule has 0 aromatic heterocycles. The van der Waals surface area contributed by atoms with Crippen molar-refractivity contribution in [1.82, 2.24) is 0 Å². The molecule has 0 unspecified atom stereocenters. The van der Waals surface area contributed by atoms with Gasteiger partial charge in [0.1, 0.15) is 5.75 Å². The standard InChI is InChI=1S/C16H15NO/c1-18-16-12-6-5-11-15(16)17-13-7-10-14-8-3-2-4-9-14/h2-6,8-9,11-12,17H,13H2,1H3. The zero-order valence-corrected chi connectivity index (χ0v) is 10.3. The van der Waals surface area contributed by atoms with Crippen LogP contribution in [0.4, 0.5) is 5.69 Å². The van der Waals surface area contributed by atoms with Crippen molar-refractivity contribution in [3.05, 3.63) is 60.2 Å². The molecule has 0 heterocycles. The number of anilines is 1. The molecule has 1 N–H and O–H groups in total. The van der Waals surface area contributed by atoms with Gasteiger partial charge >= 0.3 is 0 Å². The van der Waals surface area contributed by atoms with Crippen molar-refractivity contribution < 1.29 is 4.74 Å². The summed E-state index contributed by atoms with van der Waals surface area (Å²) in [6, 6.07) is 17.8. The molecular formula is C16H15NO. The average Bonchev–Trinajstić information content (AvgIpc) is 2.45. The summed E-state index contributed by atoms with van der Waals surface area (Å²) in [4.78, 5) is 0. The average molecular weight is 237 g/mol. The van der Waals surface area contributed by atoms with Crippen LogP contribution in [0.25, 0.3) is 0 Å². The molecule has 0 bridgehead atoms. The Morgan fingerprint density at radius 2 is 1.72 bits per heavy atom. The maximum atomic E-state index is 5.25. The van der Waals surface area contributed by atoms with Crippen LogP contribution in [0.5, 0.6) is 5.75 Å². The van der Waals surface area contributed by atoms with Gasteiger partial charge in [-0.05, 0) is 24.3 Å². The van der Waals surface area contributed by atoms with Gasteiger partial charge < -0.3 is 10.1 Å². The minimum Gasteiger partial charge on any atom is -0.495 e. The van der Waals surface area contributed by atoms with Crippen molar-refractivity contribution in [2.24, 2.45) is 0 Å². The third-order valence-electron chi connectivity index (χ3n) is 2.48. The molecule has 0 amide bonds. The van der Waals surface area contributed by atoms with E-state index in [1.807, 2.05) is 54.6 Å². The number of nitrogens with one attached hydrogen (secondary N) is 1. The fraction of sp³-hybridized carbons (Fsp3) is 0.125. The van der Waals surface area contributed by atoms with Crippen LogP contribution < -0.4 is 10.1 Å². The molecule has 2 nitrogen and oxygen atoms in total. The maximum absolute atomic E-state index is 5.25. The molecule has 2 aromatic rings. The largest absolute Gasteiger partial charge is 0.495 e. The molecule has 0 aliphatic rings. The Balaban J connectivity index is 1.95. The van der Waals surface area contributed by atoms with Gasteiger partial charge in [0.2, 0.25) is 0 Å². The van der Waals surface area contributed by atoms with Gasteiger partial charge in [0, 0.05) is 5.56 Å². The van der Waals surface area contributed by atoms with Gasteiger partial charge in [-0.3, -0.25) is 0 Å². The lowest BCUT2D eigenvalue weighted by Gasteiger charge is -2.07. The Bertz CT molecular complexity index is 552. The van der Waals surface area contributed by atoms with Crippen LogP contribution in [0.2, 0.25) is 0 Å². The van der Waals surface area contributed by atoms with E-state index in [1.165, 1.54) is 0 Å². The number of hydrogen-bond donors (Lipinski definition) is 1. The number of para-hydroxylation sites is 2. The highest BCUT2D eigenvalue weighted by Gasteiger charge is 1.97. The SMILES string of the molecule is COc1ccccc1NCC#Cc1ccccc1. The van der Waals surface area contributed by atoms with Crippen molar-refractivity contribution in [3.8, 4) is 17.6 Å². The predicted octanol–water partition coefficient (Wildman–Crippen LogP) is 3.16. The second-order valence-corrected chi connectivity index (χ2v) is 3.72. The Morgan fingerprint density at radius 1 is 1.00 bits per heavy atom. The van der Waals surface area contributed by atoms with Gasteiger partial charge in [-0.25, -0.2) is 0 Å². The molecule has 0 aliphatic heterocycles. The molecule has 2 heteroatoms. The molecule has 0 radical (unpaired) electrons. The highest BCUT2D eigenvalue weighted by Crippen LogP contribution is 2.22. The van der Waals surface area contributed by atoms with E-state index < -0.39 is 0 Å². The van der Waals surface area contributed by atoms with Crippen LogP contribution in [0, 0.1) is 11.8 Å². The third kappa shape index (κ3) is 3.29. The smallest absolute Gasteiger partial charge is 0.141 e. The number of benzene rings is 2. The van der Waals surface area contributed by atoms with Gasteiger partial charge in [0.15, 0.2) is 0 Å². The molecule has 0 spiro atoms. The number of rotatable bonds is 3. The quantitative estimate of drug-likeness (QED) is 0.828. The van der Waals surface area contributed by atoms with E-state index in [0.717, 1.165) is 17.0 Å². The van der Waals surface area contributed by atoms with Crippen molar-refractivity contribution in [3.63, 3.8) is 0 Å². The lowest BCUT2D eigenvalue weighted by molar-refractivity contribution is 0.416. The Hall–Kier alpha value is -2.40. The first-order chi connectivity index (χ1) is 8.90. The first-order valence-electron chi connectivity index (χ1n) is 5.81. The maximum Gasteiger partial charge on any atom is 0.141 e. The van der Waals surface area contributed by atoms with Crippen molar-refractivity contribution >= 4 is 5.69 Å². The molecule has 0 aliphatic carbocycles. The van der Waals surface area contributed by atoms with Crippen LogP contribution in [-0.2, 0) is 0 Å². The summed E-state index contributed by atoms with van der Waals surface area (Å²) in [5.74, 6) is 7.02. The van der Waals surface area contributed by atoms with E-state index in [9.17, 15) is 0 Å². The van der Waals surface area contributed by atoms with Gasteiger partial charge in [0.25, 0.3) is 0 Å². The lowest BCUT2D eigenvalue weighted by atomic mass is 10.2. The van der Waals surface area contributed by atoms with Crippen LogP contribution in [0.15, 0.2) is 54.6 Å². The van der Waals surface area contributed by atoms with Crippen molar-refractivity contribution in [2.75, 3.05) is 19.0 Å². The number of methoxy groups -OCH3 is 1. The monoisotopic (exact) mass is 237 g/mol.